The van der Waals surface area contributed by atoms with Crippen molar-refractivity contribution in [2.24, 2.45) is 0 Å². The van der Waals surface area contributed by atoms with Crippen molar-refractivity contribution in [2.45, 2.75) is 13.5 Å². The molecular weight excluding hydrogens is 258 g/mol. The second-order valence-electron chi connectivity index (χ2n) is 3.02. The van der Waals surface area contributed by atoms with Crippen LogP contribution in [0, 0.1) is 6.92 Å². The molecule has 6 heteroatoms. The molecule has 0 bridgehead atoms. The van der Waals surface area contributed by atoms with Gasteiger partial charge in [-0.3, -0.25) is 0 Å². The molecule has 78 valence electrons. The van der Waals surface area contributed by atoms with Gasteiger partial charge in [-0.25, -0.2) is 15.0 Å². The minimum atomic E-state index is 0.591. The fourth-order valence-corrected chi connectivity index (χ4v) is 1.29. The predicted octanol–water partition coefficient (Wildman–Crippen LogP) is 1.88. The summed E-state index contributed by atoms with van der Waals surface area (Å²) in [7, 11) is 0. The third-order valence-electron chi connectivity index (χ3n) is 1.89. The van der Waals surface area contributed by atoms with Gasteiger partial charge in [-0.1, -0.05) is 0 Å². The number of nitrogens with one attached hydrogen (secondary N) is 2. The molecule has 0 saturated heterocycles. The zero-order valence-electron chi connectivity index (χ0n) is 8.16. The highest BCUT2D eigenvalue weighted by Gasteiger charge is 2.00. The molecule has 0 radical (unpaired) electrons. The van der Waals surface area contributed by atoms with Gasteiger partial charge in [0.15, 0.2) is 0 Å². The molecule has 0 fully saturated rings. The van der Waals surface area contributed by atoms with E-state index < -0.39 is 0 Å². The summed E-state index contributed by atoms with van der Waals surface area (Å²) in [5.41, 5.74) is 0.909. The monoisotopic (exact) mass is 267 g/mol. The smallest absolute Gasteiger partial charge is 0.223 e. The van der Waals surface area contributed by atoms with Gasteiger partial charge in [0.1, 0.15) is 5.82 Å². The quantitative estimate of drug-likeness (QED) is 0.892. The molecule has 0 aliphatic rings. The largest absolute Gasteiger partial charge is 0.347 e. The standard InChI is InChI=1S/C9H10BrN5/c1-6-7(10)4-13-9(15-6)14-5-8-11-2-3-12-8/h2-4H,5H2,1H3,(H,11,12)(H,13,14,15). The van der Waals surface area contributed by atoms with Crippen LogP contribution in [-0.4, -0.2) is 19.9 Å². The lowest BCUT2D eigenvalue weighted by molar-refractivity contribution is 0.957. The van der Waals surface area contributed by atoms with E-state index in [1.54, 1.807) is 18.6 Å². The van der Waals surface area contributed by atoms with Gasteiger partial charge in [-0.15, -0.1) is 0 Å². The van der Waals surface area contributed by atoms with Gasteiger partial charge in [-0.05, 0) is 22.9 Å². The van der Waals surface area contributed by atoms with Gasteiger partial charge in [0.25, 0.3) is 0 Å². The van der Waals surface area contributed by atoms with Crippen molar-refractivity contribution in [3.8, 4) is 0 Å². The Morgan fingerprint density at radius 3 is 3.00 bits per heavy atom. The molecule has 2 N–H and O–H groups in total. The van der Waals surface area contributed by atoms with Crippen molar-refractivity contribution in [3.05, 3.63) is 34.6 Å². The lowest BCUT2D eigenvalue weighted by Crippen LogP contribution is -2.05. The van der Waals surface area contributed by atoms with Gasteiger partial charge in [-0.2, -0.15) is 0 Å². The number of aromatic amines is 1. The van der Waals surface area contributed by atoms with Crippen LogP contribution in [0.3, 0.4) is 0 Å². The number of anilines is 1. The van der Waals surface area contributed by atoms with Crippen LogP contribution >= 0.6 is 15.9 Å². The van der Waals surface area contributed by atoms with E-state index in [1.165, 1.54) is 0 Å². The molecule has 0 aliphatic heterocycles. The summed E-state index contributed by atoms with van der Waals surface area (Å²) in [6.07, 6.45) is 5.22. The molecule has 0 unspecified atom stereocenters. The number of aromatic nitrogens is 4. The zero-order chi connectivity index (χ0) is 10.7. The summed E-state index contributed by atoms with van der Waals surface area (Å²) in [4.78, 5) is 15.5. The SMILES string of the molecule is Cc1nc(NCc2ncc[nH]2)ncc1Br. The third-order valence-corrected chi connectivity index (χ3v) is 2.67. The van der Waals surface area contributed by atoms with Crippen LogP contribution in [0.2, 0.25) is 0 Å². The molecule has 2 aromatic heterocycles. The number of H-pyrrole nitrogens is 1. The Morgan fingerprint density at radius 1 is 1.47 bits per heavy atom. The van der Waals surface area contributed by atoms with Crippen molar-refractivity contribution in [2.75, 3.05) is 5.32 Å². The van der Waals surface area contributed by atoms with Crippen molar-refractivity contribution in [3.63, 3.8) is 0 Å². The van der Waals surface area contributed by atoms with Crippen LogP contribution in [0.5, 0.6) is 0 Å². The first-order valence-electron chi connectivity index (χ1n) is 4.47. The van der Waals surface area contributed by atoms with E-state index in [4.69, 9.17) is 0 Å². The summed E-state index contributed by atoms with van der Waals surface area (Å²) >= 11 is 3.35. The van der Waals surface area contributed by atoms with Gasteiger partial charge >= 0.3 is 0 Å². The van der Waals surface area contributed by atoms with Gasteiger partial charge in [0.2, 0.25) is 5.95 Å². The highest BCUT2D eigenvalue weighted by atomic mass is 79.9. The molecule has 0 atom stereocenters. The fraction of sp³-hybridized carbons (Fsp3) is 0.222. The number of aryl methyl sites for hydroxylation is 1. The first-order chi connectivity index (χ1) is 7.25. The highest BCUT2D eigenvalue weighted by Crippen LogP contribution is 2.13. The van der Waals surface area contributed by atoms with Crippen LogP contribution in [0.4, 0.5) is 5.95 Å². The first kappa shape index (κ1) is 10.1. The van der Waals surface area contributed by atoms with Gasteiger partial charge in [0, 0.05) is 18.6 Å². The molecular formula is C9H10BrN5. The Balaban J connectivity index is 2.02. The number of nitrogens with zero attached hydrogens (tertiary/aromatic N) is 3. The van der Waals surface area contributed by atoms with E-state index in [1.807, 2.05) is 6.92 Å². The second-order valence-corrected chi connectivity index (χ2v) is 3.87. The molecule has 0 saturated carbocycles. The van der Waals surface area contributed by atoms with Crippen LogP contribution in [-0.2, 0) is 6.54 Å². The average molecular weight is 268 g/mol. The topological polar surface area (TPSA) is 66.5 Å². The third kappa shape index (κ3) is 2.53. The molecule has 0 aromatic carbocycles. The number of halogens is 1. The Labute approximate surface area is 95.5 Å². The molecule has 0 spiro atoms. The van der Waals surface area contributed by atoms with Crippen molar-refractivity contribution in [1.82, 2.24) is 19.9 Å². The van der Waals surface area contributed by atoms with Crippen LogP contribution in [0.25, 0.3) is 0 Å². The van der Waals surface area contributed by atoms with Crippen molar-refractivity contribution in [1.29, 1.82) is 0 Å². The van der Waals surface area contributed by atoms with Gasteiger partial charge < -0.3 is 10.3 Å². The summed E-state index contributed by atoms with van der Waals surface area (Å²) < 4.78 is 0.908. The molecule has 2 heterocycles. The molecule has 5 nitrogen and oxygen atoms in total. The van der Waals surface area contributed by atoms with E-state index >= 15 is 0 Å². The minimum Gasteiger partial charge on any atom is -0.347 e. The van der Waals surface area contributed by atoms with Gasteiger partial charge in [0.05, 0.1) is 16.7 Å². The molecule has 0 aliphatic carbocycles. The molecule has 15 heavy (non-hydrogen) atoms. The number of rotatable bonds is 3. The molecule has 2 rings (SSSR count). The Kier molecular flexibility index (Phi) is 2.96. The summed E-state index contributed by atoms with van der Waals surface area (Å²) in [6.45, 7) is 2.51. The fourth-order valence-electron chi connectivity index (χ4n) is 1.09. The van der Waals surface area contributed by atoms with E-state index in [9.17, 15) is 0 Å². The maximum atomic E-state index is 4.26. The normalized spacial score (nSPS) is 10.3. The average Bonchev–Trinajstić information content (AvgIpc) is 2.73. The maximum absolute atomic E-state index is 4.26. The molecule has 0 amide bonds. The summed E-state index contributed by atoms with van der Waals surface area (Å²) in [5.74, 6) is 1.46. The lowest BCUT2D eigenvalue weighted by Gasteiger charge is -2.03. The first-order valence-corrected chi connectivity index (χ1v) is 5.26. The zero-order valence-corrected chi connectivity index (χ0v) is 9.74. The van der Waals surface area contributed by atoms with E-state index in [2.05, 4.69) is 41.2 Å². The molecule has 2 aromatic rings. The Hall–Kier alpha value is -1.43. The number of imidazole rings is 1. The van der Waals surface area contributed by atoms with Crippen LogP contribution < -0.4 is 5.32 Å². The summed E-state index contributed by atoms with van der Waals surface area (Å²) in [5, 5.41) is 3.08. The summed E-state index contributed by atoms with van der Waals surface area (Å²) in [6, 6.07) is 0. The number of hydrogen-bond acceptors (Lipinski definition) is 4. The maximum Gasteiger partial charge on any atom is 0.223 e. The second kappa shape index (κ2) is 4.39. The van der Waals surface area contributed by atoms with E-state index in [-0.39, 0.29) is 0 Å². The van der Waals surface area contributed by atoms with Crippen molar-refractivity contribution >= 4 is 21.9 Å². The Morgan fingerprint density at radius 2 is 2.33 bits per heavy atom. The predicted molar refractivity (Wildman–Crippen MR) is 60.4 cm³/mol. The highest BCUT2D eigenvalue weighted by molar-refractivity contribution is 9.10. The lowest BCUT2D eigenvalue weighted by atomic mass is 10.4. The van der Waals surface area contributed by atoms with E-state index in [0.29, 0.717) is 12.5 Å². The Bertz CT molecular complexity index is 440. The minimum absolute atomic E-state index is 0.591. The number of hydrogen-bond donors (Lipinski definition) is 2. The van der Waals surface area contributed by atoms with Crippen LogP contribution in [0.15, 0.2) is 23.1 Å². The van der Waals surface area contributed by atoms with Crippen LogP contribution in [0.1, 0.15) is 11.5 Å². The van der Waals surface area contributed by atoms with E-state index in [0.717, 1.165) is 16.0 Å². The van der Waals surface area contributed by atoms with Crippen molar-refractivity contribution < 1.29 is 0 Å².